The Morgan fingerprint density at radius 2 is 2.03 bits per heavy atom. The molecule has 0 aliphatic carbocycles. The Hall–Kier alpha value is -2.90. The molecule has 2 heterocycles. The molecule has 3 aromatic rings. The third-order valence-electron chi connectivity index (χ3n) is 4.62. The van der Waals surface area contributed by atoms with Crippen LogP contribution in [0.3, 0.4) is 0 Å². The van der Waals surface area contributed by atoms with Crippen LogP contribution in [0, 0.1) is 6.92 Å². The summed E-state index contributed by atoms with van der Waals surface area (Å²) in [5, 5.41) is 7.51. The van der Waals surface area contributed by atoms with E-state index in [1.807, 2.05) is 72.4 Å². The lowest BCUT2D eigenvalue weighted by Crippen LogP contribution is -2.17. The molecule has 1 aromatic heterocycles. The molecular formula is C23H21N3O2S2. The van der Waals surface area contributed by atoms with Gasteiger partial charge in [-0.1, -0.05) is 49.1 Å². The number of hydrogen-bond acceptors (Lipinski definition) is 5. The predicted octanol–water partition coefficient (Wildman–Crippen LogP) is 5.13. The summed E-state index contributed by atoms with van der Waals surface area (Å²) < 4.78 is 8.06. The maximum atomic E-state index is 12.2. The summed E-state index contributed by atoms with van der Waals surface area (Å²) in [6.45, 7) is 4.81. The monoisotopic (exact) mass is 435 g/mol. The van der Waals surface area contributed by atoms with Gasteiger partial charge in [-0.2, -0.15) is 5.10 Å². The fraction of sp³-hybridized carbons (Fsp3) is 0.174. The highest BCUT2D eigenvalue weighted by molar-refractivity contribution is 8.26. The van der Waals surface area contributed by atoms with Crippen molar-refractivity contribution in [2.75, 3.05) is 6.61 Å². The van der Waals surface area contributed by atoms with Crippen molar-refractivity contribution < 1.29 is 9.53 Å². The van der Waals surface area contributed by atoms with E-state index in [2.05, 4.69) is 12.2 Å². The third kappa shape index (κ3) is 4.32. The van der Waals surface area contributed by atoms with E-state index < -0.39 is 0 Å². The van der Waals surface area contributed by atoms with Crippen molar-refractivity contribution in [1.82, 2.24) is 15.1 Å². The number of amides is 1. The second-order valence-electron chi connectivity index (χ2n) is 6.89. The first-order valence-electron chi connectivity index (χ1n) is 9.69. The Balaban J connectivity index is 1.80. The van der Waals surface area contributed by atoms with Gasteiger partial charge in [0.1, 0.15) is 15.8 Å². The van der Waals surface area contributed by atoms with Crippen LogP contribution in [0.4, 0.5) is 0 Å². The van der Waals surface area contributed by atoms with Crippen molar-refractivity contribution in [1.29, 1.82) is 0 Å². The molecule has 1 aliphatic rings. The summed E-state index contributed by atoms with van der Waals surface area (Å²) in [4.78, 5) is 12.8. The Morgan fingerprint density at radius 3 is 2.70 bits per heavy atom. The molecule has 5 nitrogen and oxygen atoms in total. The predicted molar refractivity (Wildman–Crippen MR) is 126 cm³/mol. The fourth-order valence-corrected chi connectivity index (χ4v) is 4.22. The minimum absolute atomic E-state index is 0.177. The van der Waals surface area contributed by atoms with Gasteiger partial charge in [-0.3, -0.25) is 4.79 Å². The minimum atomic E-state index is -0.177. The van der Waals surface area contributed by atoms with Gasteiger partial charge in [-0.05, 0) is 55.3 Å². The molecule has 1 amide bonds. The average Bonchev–Trinajstić information content (AvgIpc) is 3.30. The Bertz CT molecular complexity index is 1140. The second kappa shape index (κ2) is 8.85. The normalized spacial score (nSPS) is 14.9. The van der Waals surface area contributed by atoms with E-state index in [9.17, 15) is 4.79 Å². The van der Waals surface area contributed by atoms with Crippen LogP contribution in [-0.2, 0) is 4.79 Å². The van der Waals surface area contributed by atoms with E-state index in [1.165, 1.54) is 11.8 Å². The van der Waals surface area contributed by atoms with Crippen molar-refractivity contribution in [2.24, 2.45) is 0 Å². The number of carbonyl (C=O) groups is 1. The summed E-state index contributed by atoms with van der Waals surface area (Å²) in [7, 11) is 0. The summed E-state index contributed by atoms with van der Waals surface area (Å²) in [6.07, 6.45) is 4.75. The maximum Gasteiger partial charge on any atom is 0.263 e. The van der Waals surface area contributed by atoms with Gasteiger partial charge in [0.15, 0.2) is 0 Å². The Kier molecular flexibility index (Phi) is 6.01. The zero-order chi connectivity index (χ0) is 21.1. The number of hydrogen-bond donors (Lipinski definition) is 1. The fourth-order valence-electron chi connectivity index (χ4n) is 3.19. The highest BCUT2D eigenvalue weighted by atomic mass is 32.2. The van der Waals surface area contributed by atoms with E-state index in [0.29, 0.717) is 15.8 Å². The lowest BCUT2D eigenvalue weighted by Gasteiger charge is -2.09. The van der Waals surface area contributed by atoms with E-state index in [4.69, 9.17) is 22.1 Å². The molecule has 0 radical (unpaired) electrons. The van der Waals surface area contributed by atoms with Crippen molar-refractivity contribution in [3.8, 4) is 22.7 Å². The summed E-state index contributed by atoms with van der Waals surface area (Å²) in [5.41, 5.74) is 4.65. The van der Waals surface area contributed by atoms with Crippen molar-refractivity contribution >= 4 is 40.3 Å². The molecule has 1 aliphatic heterocycles. The molecule has 4 rings (SSSR count). The van der Waals surface area contributed by atoms with Crippen LogP contribution in [0.25, 0.3) is 23.0 Å². The highest BCUT2D eigenvalue weighted by Crippen LogP contribution is 2.33. The molecule has 7 heteroatoms. The molecule has 152 valence electrons. The molecule has 1 saturated heterocycles. The third-order valence-corrected chi connectivity index (χ3v) is 5.78. The molecular weight excluding hydrogens is 414 g/mol. The first kappa shape index (κ1) is 20.4. The molecule has 1 N–H and O–H groups in total. The van der Waals surface area contributed by atoms with E-state index in [0.717, 1.165) is 40.2 Å². The second-order valence-corrected chi connectivity index (χ2v) is 8.61. The van der Waals surface area contributed by atoms with E-state index in [1.54, 1.807) is 0 Å². The van der Waals surface area contributed by atoms with Crippen LogP contribution in [0.15, 0.2) is 59.6 Å². The van der Waals surface area contributed by atoms with E-state index >= 15 is 0 Å². The van der Waals surface area contributed by atoms with Gasteiger partial charge in [-0.15, -0.1) is 0 Å². The number of thiocarbonyl (C=S) groups is 1. The summed E-state index contributed by atoms with van der Waals surface area (Å²) >= 11 is 6.39. The number of para-hydroxylation sites is 1. The molecule has 1 fully saturated rings. The number of aryl methyl sites for hydroxylation is 1. The largest absolute Gasteiger partial charge is 0.494 e. The summed E-state index contributed by atoms with van der Waals surface area (Å²) in [6, 6.07) is 15.9. The van der Waals surface area contributed by atoms with Crippen molar-refractivity contribution in [3.63, 3.8) is 0 Å². The molecule has 0 spiro atoms. The lowest BCUT2D eigenvalue weighted by atomic mass is 10.0. The smallest absolute Gasteiger partial charge is 0.263 e. The van der Waals surface area contributed by atoms with Gasteiger partial charge in [0.05, 0.1) is 17.2 Å². The van der Waals surface area contributed by atoms with Gasteiger partial charge in [0.2, 0.25) is 0 Å². The van der Waals surface area contributed by atoms with Gasteiger partial charge >= 0.3 is 0 Å². The average molecular weight is 436 g/mol. The molecule has 0 atom stereocenters. The number of carbonyl (C=O) groups excluding carboxylic acids is 1. The number of thioether (sulfide) groups is 1. The van der Waals surface area contributed by atoms with Gasteiger partial charge in [-0.25, -0.2) is 4.68 Å². The van der Waals surface area contributed by atoms with Crippen LogP contribution in [-0.4, -0.2) is 26.6 Å². The quantitative estimate of drug-likeness (QED) is 0.430. The highest BCUT2D eigenvalue weighted by Gasteiger charge is 2.23. The van der Waals surface area contributed by atoms with Crippen LogP contribution in [0.2, 0.25) is 0 Å². The number of rotatable bonds is 6. The van der Waals surface area contributed by atoms with Gasteiger partial charge in [0, 0.05) is 17.3 Å². The summed E-state index contributed by atoms with van der Waals surface area (Å²) in [5.74, 6) is 0.667. The maximum absolute atomic E-state index is 12.2. The van der Waals surface area contributed by atoms with Crippen molar-refractivity contribution in [3.05, 3.63) is 70.8 Å². The topological polar surface area (TPSA) is 56.1 Å². The lowest BCUT2D eigenvalue weighted by molar-refractivity contribution is -0.115. The van der Waals surface area contributed by atoms with Crippen LogP contribution in [0.1, 0.15) is 24.5 Å². The SMILES string of the molecule is CCCOc1ccc(-c2nn(-c3ccccc3)cc2/C=C2\SC(=S)NC2=O)c(C)c1. The zero-order valence-corrected chi connectivity index (χ0v) is 18.3. The van der Waals surface area contributed by atoms with Crippen LogP contribution in [0.5, 0.6) is 5.75 Å². The number of aromatic nitrogens is 2. The van der Waals surface area contributed by atoms with Gasteiger partial charge in [0.25, 0.3) is 5.91 Å². The number of benzene rings is 2. The molecule has 0 unspecified atom stereocenters. The Morgan fingerprint density at radius 1 is 1.23 bits per heavy atom. The van der Waals surface area contributed by atoms with Gasteiger partial charge < -0.3 is 10.1 Å². The van der Waals surface area contributed by atoms with Crippen molar-refractivity contribution in [2.45, 2.75) is 20.3 Å². The molecule has 0 bridgehead atoms. The Labute approximate surface area is 185 Å². The first-order chi connectivity index (χ1) is 14.5. The standard InChI is InChI=1S/C23H21N3O2S2/c1-3-11-28-18-9-10-19(15(2)12-18)21-16(13-20-22(27)24-23(29)30-20)14-26(25-21)17-7-5-4-6-8-17/h4-10,12-14H,3,11H2,1-2H3,(H,24,27,29)/b20-13-. The number of nitrogens with one attached hydrogen (secondary N) is 1. The molecule has 2 aromatic carbocycles. The van der Waals surface area contributed by atoms with Crippen LogP contribution >= 0.6 is 24.0 Å². The number of ether oxygens (including phenoxy) is 1. The molecule has 30 heavy (non-hydrogen) atoms. The zero-order valence-electron chi connectivity index (χ0n) is 16.7. The van der Waals surface area contributed by atoms with Crippen LogP contribution < -0.4 is 10.1 Å². The van der Waals surface area contributed by atoms with E-state index in [-0.39, 0.29) is 5.91 Å². The first-order valence-corrected chi connectivity index (χ1v) is 10.9. The minimum Gasteiger partial charge on any atom is -0.494 e. The number of nitrogens with zero attached hydrogens (tertiary/aromatic N) is 2. The molecule has 0 saturated carbocycles.